The largest absolute Gasteiger partial charge is 0.325 e. The van der Waals surface area contributed by atoms with Gasteiger partial charge < -0.3 is 5.32 Å². The molecule has 0 spiro atoms. The Balaban J connectivity index is 1.86. The van der Waals surface area contributed by atoms with Crippen molar-refractivity contribution in [3.8, 4) is 0 Å². The van der Waals surface area contributed by atoms with Crippen molar-refractivity contribution in [2.45, 2.75) is 19.0 Å². The number of benzene rings is 1. The summed E-state index contributed by atoms with van der Waals surface area (Å²) >= 11 is 1.33. The van der Waals surface area contributed by atoms with Crippen molar-refractivity contribution in [2.24, 2.45) is 0 Å². The highest BCUT2D eigenvalue weighted by atomic mass is 32.2. The van der Waals surface area contributed by atoms with Gasteiger partial charge in [-0.15, -0.1) is 0 Å². The number of carbonyl (C=O) groups is 1. The SMILES string of the molecule is Cc1ccc(NC(=O)CSc2nccc(C)n2)cc1. The Morgan fingerprint density at radius 3 is 2.63 bits per heavy atom. The van der Waals surface area contributed by atoms with E-state index in [-0.39, 0.29) is 5.91 Å². The van der Waals surface area contributed by atoms with Crippen LogP contribution in [0.1, 0.15) is 11.3 Å². The number of hydrogen-bond acceptors (Lipinski definition) is 4. The molecule has 0 atom stereocenters. The summed E-state index contributed by atoms with van der Waals surface area (Å²) in [5.74, 6) is 0.246. The molecule has 1 N–H and O–H groups in total. The van der Waals surface area contributed by atoms with E-state index in [0.717, 1.165) is 11.4 Å². The van der Waals surface area contributed by atoms with Gasteiger partial charge in [-0.1, -0.05) is 29.5 Å². The third-order valence-electron chi connectivity index (χ3n) is 2.44. The quantitative estimate of drug-likeness (QED) is 0.687. The van der Waals surface area contributed by atoms with Gasteiger partial charge in [0.1, 0.15) is 0 Å². The molecule has 0 aliphatic heterocycles. The molecule has 0 saturated heterocycles. The smallest absolute Gasteiger partial charge is 0.234 e. The number of anilines is 1. The fraction of sp³-hybridized carbons (Fsp3) is 0.214. The Bertz CT molecular complexity index is 569. The lowest BCUT2D eigenvalue weighted by atomic mass is 10.2. The first-order chi connectivity index (χ1) is 9.13. The molecule has 98 valence electrons. The van der Waals surface area contributed by atoms with E-state index in [1.165, 1.54) is 17.3 Å². The van der Waals surface area contributed by atoms with E-state index in [1.807, 2.05) is 44.2 Å². The average Bonchev–Trinajstić information content (AvgIpc) is 2.39. The van der Waals surface area contributed by atoms with Crippen molar-refractivity contribution in [3.05, 3.63) is 47.8 Å². The second kappa shape index (κ2) is 6.33. The number of amides is 1. The molecule has 19 heavy (non-hydrogen) atoms. The molecule has 4 nitrogen and oxygen atoms in total. The summed E-state index contributed by atoms with van der Waals surface area (Å²) in [6.45, 7) is 3.91. The summed E-state index contributed by atoms with van der Waals surface area (Å²) in [5, 5.41) is 3.46. The Morgan fingerprint density at radius 2 is 1.95 bits per heavy atom. The zero-order valence-corrected chi connectivity index (χ0v) is 11.7. The number of carbonyl (C=O) groups excluding carboxylic acids is 1. The van der Waals surface area contributed by atoms with Gasteiger partial charge in [0.2, 0.25) is 5.91 Å². The summed E-state index contributed by atoms with van der Waals surface area (Å²) in [4.78, 5) is 20.1. The minimum absolute atomic E-state index is 0.0565. The highest BCUT2D eigenvalue weighted by Crippen LogP contribution is 2.14. The van der Waals surface area contributed by atoms with Gasteiger partial charge in [-0.3, -0.25) is 4.79 Å². The van der Waals surface area contributed by atoms with Crippen molar-refractivity contribution >= 4 is 23.4 Å². The fourth-order valence-electron chi connectivity index (χ4n) is 1.46. The minimum Gasteiger partial charge on any atom is -0.325 e. The predicted octanol–water partition coefficient (Wildman–Crippen LogP) is 2.82. The lowest BCUT2D eigenvalue weighted by molar-refractivity contribution is -0.113. The van der Waals surface area contributed by atoms with Gasteiger partial charge in [0.15, 0.2) is 5.16 Å². The first kappa shape index (κ1) is 13.5. The van der Waals surface area contributed by atoms with Gasteiger partial charge in [0.25, 0.3) is 0 Å². The number of thioether (sulfide) groups is 1. The van der Waals surface area contributed by atoms with Crippen LogP contribution in [0.3, 0.4) is 0 Å². The van der Waals surface area contributed by atoms with Crippen LogP contribution in [0.5, 0.6) is 0 Å². The number of hydrogen-bond donors (Lipinski definition) is 1. The van der Waals surface area contributed by atoms with E-state index < -0.39 is 0 Å². The van der Waals surface area contributed by atoms with E-state index >= 15 is 0 Å². The molecule has 1 aromatic heterocycles. The molecule has 2 aromatic rings. The summed E-state index contributed by atoms with van der Waals surface area (Å²) < 4.78 is 0. The lowest BCUT2D eigenvalue weighted by Crippen LogP contribution is -2.14. The highest BCUT2D eigenvalue weighted by molar-refractivity contribution is 7.99. The van der Waals surface area contributed by atoms with Crippen molar-refractivity contribution in [1.29, 1.82) is 0 Å². The Labute approximate surface area is 116 Å². The first-order valence-electron chi connectivity index (χ1n) is 5.92. The third-order valence-corrected chi connectivity index (χ3v) is 3.30. The van der Waals surface area contributed by atoms with Crippen LogP contribution in [0.4, 0.5) is 5.69 Å². The number of aryl methyl sites for hydroxylation is 2. The van der Waals surface area contributed by atoms with Crippen LogP contribution in [0.25, 0.3) is 0 Å². The molecule has 5 heteroatoms. The van der Waals surface area contributed by atoms with E-state index in [4.69, 9.17) is 0 Å². The maximum absolute atomic E-state index is 11.8. The fourth-order valence-corrected chi connectivity index (χ4v) is 2.14. The molecule has 0 aliphatic rings. The lowest BCUT2D eigenvalue weighted by Gasteiger charge is -2.05. The van der Waals surface area contributed by atoms with Gasteiger partial charge in [-0.25, -0.2) is 9.97 Å². The van der Waals surface area contributed by atoms with E-state index in [2.05, 4.69) is 15.3 Å². The van der Waals surface area contributed by atoms with Crippen LogP contribution in [0.2, 0.25) is 0 Å². The molecular weight excluding hydrogens is 258 g/mol. The molecule has 0 radical (unpaired) electrons. The maximum atomic E-state index is 11.8. The van der Waals surface area contributed by atoms with Gasteiger partial charge in [0.05, 0.1) is 5.75 Å². The molecule has 2 rings (SSSR count). The number of rotatable bonds is 4. The molecule has 1 amide bonds. The highest BCUT2D eigenvalue weighted by Gasteiger charge is 2.05. The van der Waals surface area contributed by atoms with Crippen LogP contribution in [0.15, 0.2) is 41.7 Å². The van der Waals surface area contributed by atoms with E-state index in [0.29, 0.717) is 10.9 Å². The van der Waals surface area contributed by atoms with E-state index in [9.17, 15) is 4.79 Å². The van der Waals surface area contributed by atoms with Crippen LogP contribution < -0.4 is 5.32 Å². The van der Waals surface area contributed by atoms with Crippen LogP contribution in [-0.2, 0) is 4.79 Å². The minimum atomic E-state index is -0.0565. The van der Waals surface area contributed by atoms with E-state index in [1.54, 1.807) is 6.20 Å². The van der Waals surface area contributed by atoms with Crippen molar-refractivity contribution < 1.29 is 4.79 Å². The second-order valence-electron chi connectivity index (χ2n) is 4.18. The Hall–Kier alpha value is -1.88. The van der Waals surface area contributed by atoms with Gasteiger partial charge >= 0.3 is 0 Å². The monoisotopic (exact) mass is 273 g/mol. The third kappa shape index (κ3) is 4.37. The van der Waals surface area contributed by atoms with Gasteiger partial charge in [0, 0.05) is 17.6 Å². The summed E-state index contributed by atoms with van der Waals surface area (Å²) in [6, 6.07) is 9.54. The molecule has 0 aliphatic carbocycles. The number of aromatic nitrogens is 2. The zero-order valence-electron chi connectivity index (χ0n) is 10.9. The van der Waals surface area contributed by atoms with Crippen LogP contribution >= 0.6 is 11.8 Å². The molecule has 0 bridgehead atoms. The van der Waals surface area contributed by atoms with Crippen LogP contribution in [0, 0.1) is 13.8 Å². The molecule has 1 aromatic carbocycles. The molecule has 0 unspecified atom stereocenters. The Morgan fingerprint density at radius 1 is 1.21 bits per heavy atom. The second-order valence-corrected chi connectivity index (χ2v) is 5.13. The van der Waals surface area contributed by atoms with Crippen molar-refractivity contribution in [2.75, 3.05) is 11.1 Å². The molecule has 1 heterocycles. The number of nitrogens with zero attached hydrogens (tertiary/aromatic N) is 2. The van der Waals surface area contributed by atoms with Crippen LogP contribution in [-0.4, -0.2) is 21.6 Å². The standard InChI is InChI=1S/C14H15N3OS/c1-10-3-5-12(6-4-10)17-13(18)9-19-14-15-8-7-11(2)16-14/h3-8H,9H2,1-2H3,(H,17,18). The Kier molecular flexibility index (Phi) is 4.52. The summed E-state index contributed by atoms with van der Waals surface area (Å²) in [5.41, 5.74) is 2.87. The molecular formula is C14H15N3OS. The first-order valence-corrected chi connectivity index (χ1v) is 6.91. The molecule has 0 fully saturated rings. The topological polar surface area (TPSA) is 54.9 Å². The van der Waals surface area contributed by atoms with Gasteiger partial charge in [-0.05, 0) is 32.0 Å². The number of nitrogens with one attached hydrogen (secondary N) is 1. The maximum Gasteiger partial charge on any atom is 0.234 e. The summed E-state index contributed by atoms with van der Waals surface area (Å²) in [7, 11) is 0. The zero-order chi connectivity index (χ0) is 13.7. The molecule has 0 saturated carbocycles. The summed E-state index contributed by atoms with van der Waals surface area (Å²) in [6.07, 6.45) is 1.70. The van der Waals surface area contributed by atoms with Crippen molar-refractivity contribution in [1.82, 2.24) is 9.97 Å². The van der Waals surface area contributed by atoms with Gasteiger partial charge in [-0.2, -0.15) is 0 Å². The predicted molar refractivity (Wildman–Crippen MR) is 77.3 cm³/mol. The van der Waals surface area contributed by atoms with Crippen molar-refractivity contribution in [3.63, 3.8) is 0 Å². The average molecular weight is 273 g/mol. The normalized spacial score (nSPS) is 10.2.